The average Bonchev–Trinajstić information content (AvgIpc) is 2.86. The lowest BCUT2D eigenvalue weighted by atomic mass is 10.0. The third-order valence-electron chi connectivity index (χ3n) is 3.60. The first-order valence-electron chi connectivity index (χ1n) is 6.81. The minimum Gasteiger partial charge on any atom is -0.339 e. The Balaban J connectivity index is 1.75. The van der Waals surface area contributed by atoms with Gasteiger partial charge < -0.3 is 4.52 Å². The van der Waals surface area contributed by atoms with Gasteiger partial charge in [-0.05, 0) is 30.9 Å². The second-order valence-electron chi connectivity index (χ2n) is 5.32. The summed E-state index contributed by atoms with van der Waals surface area (Å²) in [5.74, 6) is 0.554. The van der Waals surface area contributed by atoms with Crippen LogP contribution in [0.2, 0.25) is 0 Å². The van der Waals surface area contributed by atoms with Gasteiger partial charge in [-0.2, -0.15) is 4.98 Å². The smallest absolute Gasteiger partial charge is 0.227 e. The van der Waals surface area contributed by atoms with Crippen molar-refractivity contribution in [2.24, 2.45) is 5.92 Å². The van der Waals surface area contributed by atoms with Gasteiger partial charge in [0.2, 0.25) is 11.7 Å². The monoisotopic (exact) mass is 310 g/mol. The average molecular weight is 310 g/mol. The molecule has 1 atom stereocenters. The maximum atomic E-state index is 13.6. The summed E-state index contributed by atoms with van der Waals surface area (Å²) in [6.45, 7) is 0. The Kier molecular flexibility index (Phi) is 3.75. The Morgan fingerprint density at radius 2 is 2.14 bits per heavy atom. The largest absolute Gasteiger partial charge is 0.339 e. The summed E-state index contributed by atoms with van der Waals surface area (Å²) in [5.41, 5.74) is 0.281. The van der Waals surface area contributed by atoms with Crippen LogP contribution in [-0.4, -0.2) is 30.1 Å². The summed E-state index contributed by atoms with van der Waals surface area (Å²) in [4.78, 5) is 4.17. The third kappa shape index (κ3) is 3.29. The van der Waals surface area contributed by atoms with E-state index in [9.17, 15) is 12.8 Å². The van der Waals surface area contributed by atoms with Crippen molar-refractivity contribution in [3.8, 4) is 11.4 Å². The van der Waals surface area contributed by atoms with Gasteiger partial charge in [0.1, 0.15) is 5.82 Å². The zero-order valence-electron chi connectivity index (χ0n) is 11.3. The summed E-state index contributed by atoms with van der Waals surface area (Å²) in [5, 5.41) is 3.77. The van der Waals surface area contributed by atoms with Crippen molar-refractivity contribution in [1.29, 1.82) is 0 Å². The van der Waals surface area contributed by atoms with Crippen LogP contribution in [0.5, 0.6) is 0 Å². The van der Waals surface area contributed by atoms with Crippen LogP contribution in [0.3, 0.4) is 0 Å². The molecule has 21 heavy (non-hydrogen) atoms. The number of sulfone groups is 1. The summed E-state index contributed by atoms with van der Waals surface area (Å²) < 4.78 is 42.0. The van der Waals surface area contributed by atoms with Crippen molar-refractivity contribution in [3.63, 3.8) is 0 Å². The number of hydrogen-bond donors (Lipinski definition) is 0. The second kappa shape index (κ2) is 5.55. The number of aromatic nitrogens is 2. The topological polar surface area (TPSA) is 73.1 Å². The molecule has 0 N–H and O–H groups in total. The van der Waals surface area contributed by atoms with Gasteiger partial charge in [0.25, 0.3) is 0 Å². The SMILES string of the molecule is O=S1(=O)CCCC(Cc2nc(-c3ccccc3F)no2)C1. The van der Waals surface area contributed by atoms with E-state index in [1.165, 1.54) is 6.07 Å². The van der Waals surface area contributed by atoms with Gasteiger partial charge >= 0.3 is 0 Å². The fourth-order valence-corrected chi connectivity index (χ4v) is 4.39. The molecule has 0 saturated carbocycles. The van der Waals surface area contributed by atoms with Gasteiger partial charge in [0.05, 0.1) is 17.1 Å². The normalized spacial score (nSPS) is 21.3. The first-order valence-corrected chi connectivity index (χ1v) is 8.63. The molecule has 1 aliphatic rings. The summed E-state index contributed by atoms with van der Waals surface area (Å²) in [7, 11) is -2.95. The zero-order valence-corrected chi connectivity index (χ0v) is 12.1. The van der Waals surface area contributed by atoms with E-state index in [1.54, 1.807) is 18.2 Å². The molecule has 0 aliphatic carbocycles. The number of halogens is 1. The molecular formula is C14H15FN2O3S. The highest BCUT2D eigenvalue weighted by molar-refractivity contribution is 7.91. The number of benzene rings is 1. The van der Waals surface area contributed by atoms with Gasteiger partial charge in [0, 0.05) is 6.42 Å². The highest BCUT2D eigenvalue weighted by atomic mass is 32.2. The van der Waals surface area contributed by atoms with Gasteiger partial charge in [-0.25, -0.2) is 12.8 Å². The van der Waals surface area contributed by atoms with Crippen molar-refractivity contribution in [2.45, 2.75) is 19.3 Å². The Hall–Kier alpha value is -1.76. The standard InChI is InChI=1S/C14H15FN2O3S/c15-12-6-2-1-5-11(12)14-16-13(20-17-14)8-10-4-3-7-21(18,19)9-10/h1-2,5-6,10H,3-4,7-9H2. The molecule has 112 valence electrons. The van der Waals surface area contributed by atoms with Gasteiger partial charge in [-0.3, -0.25) is 0 Å². The fraction of sp³-hybridized carbons (Fsp3) is 0.429. The second-order valence-corrected chi connectivity index (χ2v) is 7.55. The van der Waals surface area contributed by atoms with Crippen LogP contribution in [0.4, 0.5) is 4.39 Å². The molecule has 7 heteroatoms. The third-order valence-corrected chi connectivity index (χ3v) is 5.49. The minimum absolute atomic E-state index is 0.00216. The maximum absolute atomic E-state index is 13.6. The maximum Gasteiger partial charge on any atom is 0.227 e. The van der Waals surface area contributed by atoms with E-state index in [0.717, 1.165) is 6.42 Å². The van der Waals surface area contributed by atoms with E-state index in [2.05, 4.69) is 10.1 Å². The number of rotatable bonds is 3. The predicted molar refractivity (Wildman–Crippen MR) is 74.8 cm³/mol. The van der Waals surface area contributed by atoms with E-state index in [1.807, 2.05) is 0 Å². The minimum atomic E-state index is -2.95. The van der Waals surface area contributed by atoms with Crippen LogP contribution in [0, 0.1) is 11.7 Å². The van der Waals surface area contributed by atoms with E-state index < -0.39 is 15.7 Å². The van der Waals surface area contributed by atoms with E-state index >= 15 is 0 Å². The predicted octanol–water partition coefficient (Wildman–Crippen LogP) is 2.24. The van der Waals surface area contributed by atoms with Crippen LogP contribution >= 0.6 is 0 Å². The van der Waals surface area contributed by atoms with Crippen molar-refractivity contribution < 1.29 is 17.3 Å². The molecule has 5 nitrogen and oxygen atoms in total. The van der Waals surface area contributed by atoms with Crippen molar-refractivity contribution >= 4 is 9.84 Å². The lowest BCUT2D eigenvalue weighted by Crippen LogP contribution is -2.26. The molecule has 2 heterocycles. The van der Waals surface area contributed by atoms with Crippen LogP contribution in [-0.2, 0) is 16.3 Å². The lowest BCUT2D eigenvalue weighted by Gasteiger charge is -2.19. The van der Waals surface area contributed by atoms with Crippen LogP contribution in [0.15, 0.2) is 28.8 Å². The first-order chi connectivity index (χ1) is 10.0. The highest BCUT2D eigenvalue weighted by Gasteiger charge is 2.26. The van der Waals surface area contributed by atoms with Crippen LogP contribution < -0.4 is 0 Å². The zero-order chi connectivity index (χ0) is 14.9. The molecule has 0 radical (unpaired) electrons. The molecule has 1 aliphatic heterocycles. The molecule has 3 rings (SSSR count). The molecule has 1 unspecified atom stereocenters. The highest BCUT2D eigenvalue weighted by Crippen LogP contribution is 2.24. The van der Waals surface area contributed by atoms with E-state index in [4.69, 9.17) is 4.52 Å². The Labute approximate surface area is 122 Å². The molecule has 1 fully saturated rings. The molecule has 0 amide bonds. The summed E-state index contributed by atoms with van der Waals surface area (Å²) in [6, 6.07) is 6.20. The molecule has 0 spiro atoms. The fourth-order valence-electron chi connectivity index (χ4n) is 2.62. The van der Waals surface area contributed by atoms with Gasteiger partial charge in [-0.1, -0.05) is 17.3 Å². The van der Waals surface area contributed by atoms with Crippen LogP contribution in [0.25, 0.3) is 11.4 Å². The Morgan fingerprint density at radius 1 is 1.33 bits per heavy atom. The first kappa shape index (κ1) is 14.2. The van der Waals surface area contributed by atoms with Gasteiger partial charge in [-0.15, -0.1) is 0 Å². The van der Waals surface area contributed by atoms with Gasteiger partial charge in [0.15, 0.2) is 9.84 Å². The van der Waals surface area contributed by atoms with Crippen LogP contribution in [0.1, 0.15) is 18.7 Å². The Bertz CT molecular complexity index is 742. The quantitative estimate of drug-likeness (QED) is 0.869. The van der Waals surface area contributed by atoms with Crippen molar-refractivity contribution in [2.75, 3.05) is 11.5 Å². The summed E-state index contributed by atoms with van der Waals surface area (Å²) in [6.07, 6.45) is 1.92. The number of hydrogen-bond acceptors (Lipinski definition) is 5. The van der Waals surface area contributed by atoms with E-state index in [-0.39, 0.29) is 28.8 Å². The number of nitrogens with zero attached hydrogens (tertiary/aromatic N) is 2. The lowest BCUT2D eigenvalue weighted by molar-refractivity contribution is 0.349. The van der Waals surface area contributed by atoms with Crippen molar-refractivity contribution in [1.82, 2.24) is 10.1 Å². The molecule has 1 aromatic heterocycles. The Morgan fingerprint density at radius 3 is 2.90 bits per heavy atom. The summed E-state index contributed by atoms with van der Waals surface area (Å²) >= 11 is 0. The van der Waals surface area contributed by atoms with Crippen molar-refractivity contribution in [3.05, 3.63) is 36.0 Å². The molecule has 1 aromatic carbocycles. The molecular weight excluding hydrogens is 295 g/mol. The molecule has 1 saturated heterocycles. The molecule has 0 bridgehead atoms. The van der Waals surface area contributed by atoms with E-state index in [0.29, 0.717) is 18.7 Å². The molecule has 2 aromatic rings.